The number of aromatic amines is 1. The Balaban J connectivity index is 2.01. The van der Waals surface area contributed by atoms with Crippen LogP contribution in [-0.4, -0.2) is 15.5 Å². The minimum Gasteiger partial charge on any atom is -0.370 e. The van der Waals surface area contributed by atoms with Crippen molar-refractivity contribution in [3.8, 4) is 11.1 Å². The number of carbonyl (C=O) groups is 1. The third-order valence-corrected chi connectivity index (χ3v) is 5.56. The van der Waals surface area contributed by atoms with Crippen LogP contribution in [0.15, 0.2) is 33.9 Å². The maximum absolute atomic E-state index is 12.9. The number of carbonyl (C=O) groups excluding carboxylic acids is 1. The number of benzene rings is 1. The van der Waals surface area contributed by atoms with Gasteiger partial charge in [-0.25, -0.2) is 4.79 Å². The zero-order chi connectivity index (χ0) is 16.8. The lowest BCUT2D eigenvalue weighted by molar-refractivity contribution is -0.118. The molecule has 0 spiro atoms. The van der Waals surface area contributed by atoms with E-state index in [0.29, 0.717) is 10.2 Å². The van der Waals surface area contributed by atoms with Crippen molar-refractivity contribution < 1.29 is 4.79 Å². The van der Waals surface area contributed by atoms with Crippen molar-refractivity contribution in [3.05, 3.63) is 55.5 Å². The summed E-state index contributed by atoms with van der Waals surface area (Å²) < 4.78 is 1.07. The Labute approximate surface area is 140 Å². The number of hydrogen-bond donors (Lipinski definition) is 2. The van der Waals surface area contributed by atoms with Crippen LogP contribution in [0.3, 0.4) is 0 Å². The van der Waals surface area contributed by atoms with Crippen molar-refractivity contribution in [2.45, 2.75) is 25.8 Å². The first-order valence-electron chi connectivity index (χ1n) is 7.71. The third-order valence-electron chi connectivity index (χ3n) is 4.40. The summed E-state index contributed by atoms with van der Waals surface area (Å²) in [4.78, 5) is 40.6. The van der Waals surface area contributed by atoms with Gasteiger partial charge in [0, 0.05) is 23.4 Å². The summed E-state index contributed by atoms with van der Waals surface area (Å²) in [5.74, 6) is -0.543. The number of rotatable bonds is 3. The molecule has 0 radical (unpaired) electrons. The molecular weight excluding hydrogens is 326 g/mol. The highest BCUT2D eigenvalue weighted by Crippen LogP contribution is 2.41. The summed E-state index contributed by atoms with van der Waals surface area (Å²) in [5, 5.41) is 0.534. The number of fused-ring (bicyclic) bond motifs is 5. The van der Waals surface area contributed by atoms with Crippen molar-refractivity contribution in [3.63, 3.8) is 0 Å². The number of thiophene rings is 1. The quantitative estimate of drug-likeness (QED) is 0.753. The van der Waals surface area contributed by atoms with Gasteiger partial charge in [0.25, 0.3) is 5.56 Å². The van der Waals surface area contributed by atoms with E-state index in [1.807, 2.05) is 18.2 Å². The molecule has 24 heavy (non-hydrogen) atoms. The first-order chi connectivity index (χ1) is 11.6. The first-order valence-corrected chi connectivity index (χ1v) is 8.53. The normalized spacial score (nSPS) is 12.8. The van der Waals surface area contributed by atoms with Crippen molar-refractivity contribution in [1.82, 2.24) is 9.55 Å². The monoisotopic (exact) mass is 341 g/mol. The van der Waals surface area contributed by atoms with E-state index in [4.69, 9.17) is 5.73 Å². The number of H-pyrrole nitrogens is 1. The van der Waals surface area contributed by atoms with Crippen LogP contribution in [0.1, 0.15) is 16.9 Å². The van der Waals surface area contributed by atoms with E-state index in [-0.39, 0.29) is 18.5 Å². The second-order valence-electron chi connectivity index (χ2n) is 5.86. The van der Waals surface area contributed by atoms with Gasteiger partial charge in [0.2, 0.25) is 5.91 Å². The number of nitrogens with one attached hydrogen (secondary N) is 1. The van der Waals surface area contributed by atoms with E-state index in [2.05, 4.69) is 11.1 Å². The first kappa shape index (κ1) is 14.9. The van der Waals surface area contributed by atoms with Gasteiger partial charge in [0.1, 0.15) is 4.83 Å². The Morgan fingerprint density at radius 1 is 1.25 bits per heavy atom. The predicted octanol–water partition coefficient (Wildman–Crippen LogP) is 1.39. The smallest absolute Gasteiger partial charge is 0.329 e. The van der Waals surface area contributed by atoms with Gasteiger partial charge < -0.3 is 5.73 Å². The van der Waals surface area contributed by atoms with Crippen molar-refractivity contribution in [2.24, 2.45) is 5.73 Å². The van der Waals surface area contributed by atoms with E-state index in [9.17, 15) is 14.4 Å². The van der Waals surface area contributed by atoms with Crippen LogP contribution in [0.2, 0.25) is 0 Å². The van der Waals surface area contributed by atoms with Crippen LogP contribution in [0, 0.1) is 0 Å². The lowest BCUT2D eigenvalue weighted by Crippen LogP contribution is -2.36. The molecule has 0 unspecified atom stereocenters. The SMILES string of the molecule is NC(=O)CCn1c(=O)[nH]c2sc3c(c2c1=O)-c1ccccc1CC3. The van der Waals surface area contributed by atoms with Crippen molar-refractivity contribution in [2.75, 3.05) is 0 Å². The van der Waals surface area contributed by atoms with Gasteiger partial charge in [0.15, 0.2) is 0 Å². The molecule has 7 heteroatoms. The van der Waals surface area contributed by atoms with E-state index in [1.54, 1.807) is 0 Å². The van der Waals surface area contributed by atoms with Crippen molar-refractivity contribution in [1.29, 1.82) is 0 Å². The molecule has 122 valence electrons. The largest absolute Gasteiger partial charge is 0.370 e. The number of primary amides is 1. The lowest BCUT2D eigenvalue weighted by atomic mass is 9.89. The molecule has 1 aliphatic carbocycles. The van der Waals surface area contributed by atoms with Gasteiger partial charge in [-0.05, 0) is 24.0 Å². The molecule has 2 aromatic heterocycles. The van der Waals surface area contributed by atoms with Gasteiger partial charge in [0.05, 0.1) is 5.39 Å². The molecule has 1 amide bonds. The molecule has 0 atom stereocenters. The molecule has 0 fully saturated rings. The lowest BCUT2D eigenvalue weighted by Gasteiger charge is -2.16. The Morgan fingerprint density at radius 3 is 2.83 bits per heavy atom. The van der Waals surface area contributed by atoms with E-state index in [0.717, 1.165) is 33.4 Å². The van der Waals surface area contributed by atoms with Gasteiger partial charge in [-0.15, -0.1) is 11.3 Å². The van der Waals surface area contributed by atoms with Gasteiger partial charge >= 0.3 is 5.69 Å². The van der Waals surface area contributed by atoms with E-state index < -0.39 is 11.6 Å². The molecule has 0 bridgehead atoms. The Morgan fingerprint density at radius 2 is 2.04 bits per heavy atom. The Kier molecular flexibility index (Phi) is 3.38. The summed E-state index contributed by atoms with van der Waals surface area (Å²) in [6.45, 7) is -0.00823. The second-order valence-corrected chi connectivity index (χ2v) is 6.97. The number of amides is 1. The second kappa shape index (κ2) is 5.45. The summed E-state index contributed by atoms with van der Waals surface area (Å²) in [5.41, 5.74) is 7.47. The van der Waals surface area contributed by atoms with Crippen LogP contribution in [0.25, 0.3) is 21.3 Å². The maximum Gasteiger partial charge on any atom is 0.329 e. The standard InChI is InChI=1S/C17H15N3O3S/c18-12(21)7-8-20-16(22)14-13-10-4-2-1-3-9(10)5-6-11(13)24-15(14)19-17(20)23/h1-4H,5-8H2,(H2,18,21)(H,19,23). The summed E-state index contributed by atoms with van der Waals surface area (Å²) in [6, 6.07) is 8.02. The van der Waals surface area contributed by atoms with Gasteiger partial charge in [-0.2, -0.15) is 0 Å². The average Bonchev–Trinajstić information content (AvgIpc) is 2.93. The fourth-order valence-electron chi connectivity index (χ4n) is 3.28. The number of nitrogens with zero attached hydrogens (tertiary/aromatic N) is 1. The molecule has 1 aromatic carbocycles. The minimum absolute atomic E-state index is 0.00823. The zero-order valence-corrected chi connectivity index (χ0v) is 13.6. The van der Waals surface area contributed by atoms with E-state index >= 15 is 0 Å². The molecule has 0 saturated carbocycles. The molecule has 4 rings (SSSR count). The predicted molar refractivity (Wildman–Crippen MR) is 93.4 cm³/mol. The summed E-state index contributed by atoms with van der Waals surface area (Å²) >= 11 is 1.46. The molecule has 3 N–H and O–H groups in total. The third kappa shape index (κ3) is 2.20. The highest BCUT2D eigenvalue weighted by Gasteiger charge is 2.24. The molecule has 1 aliphatic rings. The molecule has 6 nitrogen and oxygen atoms in total. The van der Waals surface area contributed by atoms with E-state index in [1.165, 1.54) is 16.9 Å². The molecule has 0 saturated heterocycles. The molecule has 2 heterocycles. The Bertz CT molecular complexity index is 1090. The van der Waals surface area contributed by atoms with Crippen molar-refractivity contribution >= 4 is 27.5 Å². The highest BCUT2D eigenvalue weighted by molar-refractivity contribution is 7.19. The number of aryl methyl sites for hydroxylation is 2. The summed E-state index contributed by atoms with van der Waals surface area (Å²) in [6.07, 6.45) is 1.74. The summed E-state index contributed by atoms with van der Waals surface area (Å²) in [7, 11) is 0. The van der Waals surface area contributed by atoms with Crippen LogP contribution in [0.4, 0.5) is 0 Å². The van der Waals surface area contributed by atoms with Crippen LogP contribution in [-0.2, 0) is 24.2 Å². The fraction of sp³-hybridized carbons (Fsp3) is 0.235. The molecule has 0 aliphatic heterocycles. The highest BCUT2D eigenvalue weighted by atomic mass is 32.1. The molecular formula is C17H15N3O3S. The zero-order valence-electron chi connectivity index (χ0n) is 12.8. The minimum atomic E-state index is -0.543. The van der Waals surface area contributed by atoms with Gasteiger partial charge in [-0.1, -0.05) is 24.3 Å². The van der Waals surface area contributed by atoms with Gasteiger partial charge in [-0.3, -0.25) is 19.1 Å². The molecule has 3 aromatic rings. The average molecular weight is 341 g/mol. The number of aromatic nitrogens is 2. The van der Waals surface area contributed by atoms with Crippen LogP contribution in [0.5, 0.6) is 0 Å². The topological polar surface area (TPSA) is 97.9 Å². The Hall–Kier alpha value is -2.67. The number of nitrogens with two attached hydrogens (primary N) is 1. The van der Waals surface area contributed by atoms with Crippen LogP contribution >= 0.6 is 11.3 Å². The fourth-order valence-corrected chi connectivity index (χ4v) is 4.47. The maximum atomic E-state index is 12.9. The number of hydrogen-bond acceptors (Lipinski definition) is 4. The van der Waals surface area contributed by atoms with Crippen LogP contribution < -0.4 is 17.0 Å².